The highest BCUT2D eigenvalue weighted by Gasteiger charge is 2.28. The van der Waals surface area contributed by atoms with Gasteiger partial charge in [-0.05, 0) is 68.5 Å². The number of hydrogen-bond acceptors (Lipinski definition) is 1. The molecule has 2 aliphatic carbocycles. The van der Waals surface area contributed by atoms with Crippen molar-refractivity contribution in [1.82, 2.24) is 5.32 Å². The van der Waals surface area contributed by atoms with Crippen molar-refractivity contribution in [2.75, 3.05) is 6.54 Å². The molecular formula is C19H27N. The molecule has 0 amide bonds. The van der Waals surface area contributed by atoms with Gasteiger partial charge in [-0.1, -0.05) is 42.8 Å². The first-order chi connectivity index (χ1) is 9.86. The maximum absolute atomic E-state index is 3.72. The Kier molecular flexibility index (Phi) is 4.57. The summed E-state index contributed by atoms with van der Waals surface area (Å²) >= 11 is 0. The lowest BCUT2D eigenvalue weighted by Crippen LogP contribution is -2.33. The second-order valence-electron chi connectivity index (χ2n) is 6.40. The van der Waals surface area contributed by atoms with Crippen LogP contribution in [0, 0.1) is 0 Å². The molecule has 0 bridgehead atoms. The fraction of sp³-hybridized carbons (Fsp3) is 0.579. The molecule has 0 aliphatic heterocycles. The van der Waals surface area contributed by atoms with Crippen molar-refractivity contribution in [1.29, 1.82) is 0 Å². The zero-order valence-corrected chi connectivity index (χ0v) is 12.7. The van der Waals surface area contributed by atoms with E-state index in [-0.39, 0.29) is 0 Å². The van der Waals surface area contributed by atoms with Gasteiger partial charge in [0.15, 0.2) is 0 Å². The van der Waals surface area contributed by atoms with E-state index in [2.05, 4.69) is 42.6 Å². The Morgan fingerprint density at radius 3 is 2.90 bits per heavy atom. The van der Waals surface area contributed by atoms with Crippen LogP contribution in [0.5, 0.6) is 0 Å². The average molecular weight is 269 g/mol. The van der Waals surface area contributed by atoms with Crippen molar-refractivity contribution in [3.8, 4) is 0 Å². The van der Waals surface area contributed by atoms with Gasteiger partial charge in [-0.25, -0.2) is 0 Å². The van der Waals surface area contributed by atoms with E-state index in [1.165, 1.54) is 44.9 Å². The van der Waals surface area contributed by atoms with E-state index in [0.717, 1.165) is 12.5 Å². The minimum Gasteiger partial charge on any atom is -0.314 e. The fourth-order valence-corrected chi connectivity index (χ4v) is 3.85. The van der Waals surface area contributed by atoms with Crippen LogP contribution in [0.3, 0.4) is 0 Å². The molecule has 1 nitrogen and oxygen atoms in total. The van der Waals surface area contributed by atoms with Gasteiger partial charge in [0.05, 0.1) is 0 Å². The van der Waals surface area contributed by atoms with Crippen LogP contribution in [-0.2, 0) is 6.42 Å². The lowest BCUT2D eigenvalue weighted by Gasteiger charge is -2.34. The lowest BCUT2D eigenvalue weighted by molar-refractivity contribution is 0.415. The number of allylic oxidation sites excluding steroid dienone is 1. The molecule has 0 spiro atoms. The van der Waals surface area contributed by atoms with E-state index in [4.69, 9.17) is 0 Å². The second kappa shape index (κ2) is 6.58. The predicted molar refractivity (Wildman–Crippen MR) is 86.1 cm³/mol. The Balaban J connectivity index is 1.59. The van der Waals surface area contributed by atoms with Gasteiger partial charge in [0, 0.05) is 6.04 Å². The van der Waals surface area contributed by atoms with E-state index >= 15 is 0 Å². The standard InChI is InChI=1S/C19H27N/c1-2-20-18(12-15-8-4-3-5-9-15)14-17-13-16-10-6-7-11-19(16)17/h6-8,10-11,17-18,20H,2-5,9,12-14H2,1H3. The quantitative estimate of drug-likeness (QED) is 0.745. The average Bonchev–Trinajstić information content (AvgIpc) is 2.46. The van der Waals surface area contributed by atoms with Gasteiger partial charge in [-0.2, -0.15) is 0 Å². The highest BCUT2D eigenvalue weighted by Crippen LogP contribution is 2.39. The molecule has 2 atom stereocenters. The normalized spacial score (nSPS) is 22.6. The Morgan fingerprint density at radius 1 is 1.25 bits per heavy atom. The van der Waals surface area contributed by atoms with Crippen LogP contribution >= 0.6 is 0 Å². The summed E-state index contributed by atoms with van der Waals surface area (Å²) in [7, 11) is 0. The van der Waals surface area contributed by atoms with Crippen molar-refractivity contribution in [2.45, 2.75) is 63.8 Å². The van der Waals surface area contributed by atoms with Gasteiger partial charge >= 0.3 is 0 Å². The molecule has 0 aromatic heterocycles. The minimum absolute atomic E-state index is 0.669. The number of fused-ring (bicyclic) bond motifs is 1. The molecule has 0 fully saturated rings. The maximum atomic E-state index is 3.72. The Labute approximate surface area is 123 Å². The van der Waals surface area contributed by atoms with E-state index in [1.54, 1.807) is 16.7 Å². The molecule has 2 unspecified atom stereocenters. The number of hydrogen-bond donors (Lipinski definition) is 1. The van der Waals surface area contributed by atoms with E-state index < -0.39 is 0 Å². The summed E-state index contributed by atoms with van der Waals surface area (Å²) in [6.45, 7) is 3.32. The molecule has 0 saturated carbocycles. The summed E-state index contributed by atoms with van der Waals surface area (Å²) in [5.74, 6) is 0.791. The zero-order chi connectivity index (χ0) is 13.8. The molecule has 3 rings (SSSR count). The number of rotatable bonds is 6. The first-order valence-electron chi connectivity index (χ1n) is 8.36. The third-order valence-corrected chi connectivity index (χ3v) is 4.92. The molecule has 1 aromatic carbocycles. The summed E-state index contributed by atoms with van der Waals surface area (Å²) in [5, 5.41) is 3.72. The Bertz CT molecular complexity index is 474. The van der Waals surface area contributed by atoms with Gasteiger partial charge in [0.25, 0.3) is 0 Å². The largest absolute Gasteiger partial charge is 0.314 e. The SMILES string of the molecule is CCNC(CC1=CCCCC1)CC1Cc2ccccc21. The highest BCUT2D eigenvalue weighted by molar-refractivity contribution is 5.40. The second-order valence-corrected chi connectivity index (χ2v) is 6.40. The molecular weight excluding hydrogens is 242 g/mol. The molecule has 2 aliphatic rings. The van der Waals surface area contributed by atoms with Crippen LogP contribution < -0.4 is 5.32 Å². The maximum Gasteiger partial charge on any atom is 0.0110 e. The van der Waals surface area contributed by atoms with E-state index in [0.29, 0.717) is 6.04 Å². The predicted octanol–water partition coefficient (Wildman–Crippen LogP) is 4.59. The highest BCUT2D eigenvalue weighted by atomic mass is 14.9. The molecule has 1 aromatic rings. The first-order valence-corrected chi connectivity index (χ1v) is 8.36. The van der Waals surface area contributed by atoms with Crippen molar-refractivity contribution >= 4 is 0 Å². The van der Waals surface area contributed by atoms with Gasteiger partial charge in [-0.15, -0.1) is 0 Å². The monoisotopic (exact) mass is 269 g/mol. The van der Waals surface area contributed by atoms with Crippen LogP contribution in [0.2, 0.25) is 0 Å². The molecule has 1 N–H and O–H groups in total. The van der Waals surface area contributed by atoms with Gasteiger partial charge in [-0.3, -0.25) is 0 Å². The number of benzene rings is 1. The third-order valence-electron chi connectivity index (χ3n) is 4.92. The van der Waals surface area contributed by atoms with Crippen LogP contribution in [0.15, 0.2) is 35.9 Å². The molecule has 1 heteroatoms. The molecule has 0 heterocycles. The van der Waals surface area contributed by atoms with Crippen LogP contribution in [-0.4, -0.2) is 12.6 Å². The van der Waals surface area contributed by atoms with Crippen LogP contribution in [0.25, 0.3) is 0 Å². The van der Waals surface area contributed by atoms with Crippen LogP contribution in [0.1, 0.15) is 62.5 Å². The van der Waals surface area contributed by atoms with Crippen LogP contribution in [0.4, 0.5) is 0 Å². The van der Waals surface area contributed by atoms with Crippen molar-refractivity contribution in [2.24, 2.45) is 0 Å². The van der Waals surface area contributed by atoms with Crippen molar-refractivity contribution in [3.63, 3.8) is 0 Å². The Morgan fingerprint density at radius 2 is 2.15 bits per heavy atom. The Hall–Kier alpha value is -1.08. The van der Waals surface area contributed by atoms with E-state index in [9.17, 15) is 0 Å². The van der Waals surface area contributed by atoms with Gasteiger partial charge in [0.1, 0.15) is 0 Å². The zero-order valence-electron chi connectivity index (χ0n) is 12.7. The fourth-order valence-electron chi connectivity index (χ4n) is 3.85. The topological polar surface area (TPSA) is 12.0 Å². The smallest absolute Gasteiger partial charge is 0.0110 e. The summed E-state index contributed by atoms with van der Waals surface area (Å²) in [4.78, 5) is 0. The van der Waals surface area contributed by atoms with Gasteiger partial charge in [0.2, 0.25) is 0 Å². The minimum atomic E-state index is 0.669. The van der Waals surface area contributed by atoms with E-state index in [1.807, 2.05) is 0 Å². The molecule has 0 saturated heterocycles. The number of nitrogens with one attached hydrogen (secondary N) is 1. The summed E-state index contributed by atoms with van der Waals surface area (Å²) in [6.07, 6.45) is 11.8. The summed E-state index contributed by atoms with van der Waals surface area (Å²) in [6, 6.07) is 9.65. The lowest BCUT2D eigenvalue weighted by atomic mass is 9.73. The summed E-state index contributed by atoms with van der Waals surface area (Å²) < 4.78 is 0. The third kappa shape index (κ3) is 3.15. The summed E-state index contributed by atoms with van der Waals surface area (Å²) in [5.41, 5.74) is 4.88. The molecule has 0 radical (unpaired) electrons. The molecule has 108 valence electrons. The first kappa shape index (κ1) is 13.9. The van der Waals surface area contributed by atoms with Crippen molar-refractivity contribution < 1.29 is 0 Å². The van der Waals surface area contributed by atoms with Gasteiger partial charge < -0.3 is 5.32 Å². The molecule has 20 heavy (non-hydrogen) atoms. The van der Waals surface area contributed by atoms with Crippen molar-refractivity contribution in [3.05, 3.63) is 47.0 Å².